The van der Waals surface area contributed by atoms with Crippen molar-refractivity contribution in [2.45, 2.75) is 44.7 Å². The van der Waals surface area contributed by atoms with Crippen LogP contribution in [0.15, 0.2) is 10.6 Å². The lowest BCUT2D eigenvalue weighted by atomic mass is 10.0. The Balaban J connectivity index is 2.01. The van der Waals surface area contributed by atoms with Gasteiger partial charge < -0.3 is 9.73 Å². The SMILES string of the molecule is CNC(C)Cc1cnc(C2CCCCN2C)o1. The first-order valence-electron chi connectivity index (χ1n) is 6.53. The Labute approximate surface area is 103 Å². The molecule has 0 saturated carbocycles. The maximum atomic E-state index is 5.87. The van der Waals surface area contributed by atoms with Crippen LogP contribution in [-0.4, -0.2) is 36.6 Å². The Kier molecular flexibility index (Phi) is 4.18. The highest BCUT2D eigenvalue weighted by molar-refractivity contribution is 5.01. The zero-order valence-electron chi connectivity index (χ0n) is 11.1. The van der Waals surface area contributed by atoms with Gasteiger partial charge in [0.15, 0.2) is 0 Å². The molecule has 4 heteroatoms. The van der Waals surface area contributed by atoms with Crippen LogP contribution in [0.4, 0.5) is 0 Å². The van der Waals surface area contributed by atoms with Gasteiger partial charge in [-0.15, -0.1) is 0 Å². The molecule has 0 spiro atoms. The lowest BCUT2D eigenvalue weighted by Crippen LogP contribution is -2.29. The zero-order chi connectivity index (χ0) is 12.3. The van der Waals surface area contributed by atoms with E-state index in [2.05, 4.69) is 29.2 Å². The summed E-state index contributed by atoms with van der Waals surface area (Å²) in [5.74, 6) is 1.88. The lowest BCUT2D eigenvalue weighted by molar-refractivity contribution is 0.157. The Morgan fingerprint density at radius 1 is 1.59 bits per heavy atom. The number of aromatic nitrogens is 1. The number of likely N-dealkylation sites (N-methyl/N-ethyl adjacent to an activating group) is 1. The van der Waals surface area contributed by atoms with E-state index in [4.69, 9.17) is 4.42 Å². The molecule has 96 valence electrons. The van der Waals surface area contributed by atoms with Gasteiger partial charge in [-0.1, -0.05) is 6.42 Å². The first-order chi connectivity index (χ1) is 8.20. The number of hydrogen-bond acceptors (Lipinski definition) is 4. The summed E-state index contributed by atoms with van der Waals surface area (Å²) in [5.41, 5.74) is 0. The third-order valence-electron chi connectivity index (χ3n) is 3.63. The molecule has 2 heterocycles. The predicted octanol–water partition coefficient (Wildman–Crippen LogP) is 1.98. The molecule has 2 unspecified atom stereocenters. The molecule has 1 N–H and O–H groups in total. The maximum absolute atomic E-state index is 5.87. The highest BCUT2D eigenvalue weighted by Crippen LogP contribution is 2.29. The molecule has 0 aromatic carbocycles. The van der Waals surface area contributed by atoms with Crippen LogP contribution in [0, 0.1) is 0 Å². The molecule has 0 amide bonds. The van der Waals surface area contributed by atoms with Crippen molar-refractivity contribution < 1.29 is 4.42 Å². The van der Waals surface area contributed by atoms with E-state index in [-0.39, 0.29) is 0 Å². The second kappa shape index (κ2) is 5.65. The van der Waals surface area contributed by atoms with Gasteiger partial charge in [0.25, 0.3) is 0 Å². The van der Waals surface area contributed by atoms with Gasteiger partial charge in [0.05, 0.1) is 12.2 Å². The van der Waals surface area contributed by atoms with Gasteiger partial charge in [0.1, 0.15) is 5.76 Å². The highest BCUT2D eigenvalue weighted by atomic mass is 16.4. The van der Waals surface area contributed by atoms with Gasteiger partial charge in [-0.2, -0.15) is 0 Å². The minimum atomic E-state index is 0.377. The molecular weight excluding hydrogens is 214 g/mol. The van der Waals surface area contributed by atoms with Crippen LogP contribution in [0.3, 0.4) is 0 Å². The molecule has 2 rings (SSSR count). The fourth-order valence-electron chi connectivity index (χ4n) is 2.36. The third-order valence-corrected chi connectivity index (χ3v) is 3.63. The Bertz CT molecular complexity index is 350. The molecule has 1 aromatic heterocycles. The van der Waals surface area contributed by atoms with E-state index >= 15 is 0 Å². The van der Waals surface area contributed by atoms with Crippen LogP contribution in [0.5, 0.6) is 0 Å². The number of piperidine rings is 1. The zero-order valence-corrected chi connectivity index (χ0v) is 11.1. The molecule has 1 fully saturated rings. The third kappa shape index (κ3) is 3.07. The normalized spacial score (nSPS) is 23.8. The van der Waals surface area contributed by atoms with Crippen LogP contribution in [0.2, 0.25) is 0 Å². The Hall–Kier alpha value is -0.870. The van der Waals surface area contributed by atoms with Gasteiger partial charge >= 0.3 is 0 Å². The fourth-order valence-corrected chi connectivity index (χ4v) is 2.36. The quantitative estimate of drug-likeness (QED) is 0.869. The topological polar surface area (TPSA) is 41.3 Å². The molecular formula is C13H23N3O. The minimum Gasteiger partial charge on any atom is -0.444 e. The van der Waals surface area contributed by atoms with Crippen molar-refractivity contribution in [2.24, 2.45) is 0 Å². The van der Waals surface area contributed by atoms with Crippen molar-refractivity contribution in [2.75, 3.05) is 20.6 Å². The summed E-state index contributed by atoms with van der Waals surface area (Å²) in [4.78, 5) is 6.79. The molecule has 0 aliphatic carbocycles. The summed E-state index contributed by atoms with van der Waals surface area (Å²) in [6.45, 7) is 3.30. The predicted molar refractivity (Wildman–Crippen MR) is 68.0 cm³/mol. The summed E-state index contributed by atoms with van der Waals surface area (Å²) in [6.07, 6.45) is 6.51. The van der Waals surface area contributed by atoms with Crippen molar-refractivity contribution in [3.63, 3.8) is 0 Å². The Morgan fingerprint density at radius 3 is 3.12 bits per heavy atom. The van der Waals surface area contributed by atoms with E-state index in [9.17, 15) is 0 Å². The molecule has 4 nitrogen and oxygen atoms in total. The van der Waals surface area contributed by atoms with Crippen molar-refractivity contribution >= 4 is 0 Å². The van der Waals surface area contributed by atoms with Crippen molar-refractivity contribution in [1.29, 1.82) is 0 Å². The number of oxazole rings is 1. The molecule has 1 saturated heterocycles. The van der Waals surface area contributed by atoms with Crippen LogP contribution in [0.1, 0.15) is 43.9 Å². The van der Waals surface area contributed by atoms with Crippen molar-refractivity contribution in [1.82, 2.24) is 15.2 Å². The van der Waals surface area contributed by atoms with E-state index in [1.807, 2.05) is 13.2 Å². The standard InChI is InChI=1S/C13H23N3O/c1-10(14-2)8-11-9-15-13(17-11)12-6-4-5-7-16(12)3/h9-10,12,14H,4-8H2,1-3H3. The molecule has 0 bridgehead atoms. The summed E-state index contributed by atoms with van der Waals surface area (Å²) < 4.78 is 5.87. The maximum Gasteiger partial charge on any atom is 0.211 e. The molecule has 0 radical (unpaired) electrons. The van der Waals surface area contributed by atoms with E-state index in [1.54, 1.807) is 0 Å². The summed E-state index contributed by atoms with van der Waals surface area (Å²) in [5, 5.41) is 3.21. The van der Waals surface area contributed by atoms with Crippen LogP contribution >= 0.6 is 0 Å². The van der Waals surface area contributed by atoms with Crippen molar-refractivity contribution in [3.8, 4) is 0 Å². The number of nitrogens with zero attached hydrogens (tertiary/aromatic N) is 2. The average Bonchev–Trinajstić information content (AvgIpc) is 2.78. The molecule has 2 atom stereocenters. The number of nitrogens with one attached hydrogen (secondary N) is 1. The minimum absolute atomic E-state index is 0.377. The summed E-state index contributed by atoms with van der Waals surface area (Å²) in [7, 11) is 4.13. The summed E-state index contributed by atoms with van der Waals surface area (Å²) >= 11 is 0. The van der Waals surface area contributed by atoms with Crippen LogP contribution in [0.25, 0.3) is 0 Å². The van der Waals surface area contributed by atoms with E-state index in [0.29, 0.717) is 12.1 Å². The van der Waals surface area contributed by atoms with Crippen molar-refractivity contribution in [3.05, 3.63) is 17.8 Å². The lowest BCUT2D eigenvalue weighted by Gasteiger charge is -2.29. The first kappa shape index (κ1) is 12.6. The fraction of sp³-hybridized carbons (Fsp3) is 0.769. The van der Waals surface area contributed by atoms with Gasteiger partial charge in [0, 0.05) is 12.5 Å². The van der Waals surface area contributed by atoms with Crippen LogP contribution < -0.4 is 5.32 Å². The largest absolute Gasteiger partial charge is 0.444 e. The summed E-state index contributed by atoms with van der Waals surface area (Å²) in [6, 6.07) is 0.808. The molecule has 1 aromatic rings. The Morgan fingerprint density at radius 2 is 2.41 bits per heavy atom. The van der Waals surface area contributed by atoms with Gasteiger partial charge in [0.2, 0.25) is 5.89 Å². The monoisotopic (exact) mass is 237 g/mol. The number of likely N-dealkylation sites (tertiary alicyclic amines) is 1. The van der Waals surface area contributed by atoms with E-state index < -0.39 is 0 Å². The first-order valence-corrected chi connectivity index (χ1v) is 6.53. The molecule has 17 heavy (non-hydrogen) atoms. The molecule has 1 aliphatic rings. The molecule has 1 aliphatic heterocycles. The second-order valence-electron chi connectivity index (χ2n) is 5.05. The van der Waals surface area contributed by atoms with E-state index in [1.165, 1.54) is 12.8 Å². The number of rotatable bonds is 4. The van der Waals surface area contributed by atoms with Gasteiger partial charge in [-0.05, 0) is 40.4 Å². The van der Waals surface area contributed by atoms with Gasteiger partial charge in [-0.3, -0.25) is 4.90 Å². The van der Waals surface area contributed by atoms with Gasteiger partial charge in [-0.25, -0.2) is 4.98 Å². The smallest absolute Gasteiger partial charge is 0.211 e. The van der Waals surface area contributed by atoms with E-state index in [0.717, 1.165) is 31.0 Å². The number of hydrogen-bond donors (Lipinski definition) is 1. The average molecular weight is 237 g/mol. The highest BCUT2D eigenvalue weighted by Gasteiger charge is 2.24. The second-order valence-corrected chi connectivity index (χ2v) is 5.05. The van der Waals surface area contributed by atoms with Crippen LogP contribution in [-0.2, 0) is 6.42 Å².